The first-order valence-corrected chi connectivity index (χ1v) is 9.68. The molecule has 0 spiro atoms. The summed E-state index contributed by atoms with van der Waals surface area (Å²) in [5.41, 5.74) is 1.09. The molecule has 0 heterocycles. The van der Waals surface area contributed by atoms with Crippen molar-refractivity contribution in [2.24, 2.45) is 0 Å². The van der Waals surface area contributed by atoms with Crippen LogP contribution >= 0.6 is 31.9 Å². The van der Waals surface area contributed by atoms with E-state index in [0.29, 0.717) is 25.8 Å². The first-order valence-electron chi connectivity index (χ1n) is 8.09. The maximum Gasteiger partial charge on any atom is 0.262 e. The van der Waals surface area contributed by atoms with Crippen LogP contribution in [0, 0.1) is 17.1 Å². The van der Waals surface area contributed by atoms with Crippen molar-refractivity contribution in [1.29, 1.82) is 5.26 Å². The number of hydrogen-bond acceptors (Lipinski definition) is 3. The molecule has 0 fully saturated rings. The second kappa shape index (κ2) is 9.67. The van der Waals surface area contributed by atoms with Crippen LogP contribution in [0.4, 0.5) is 4.39 Å². The fourth-order valence-electron chi connectivity index (χ4n) is 2.22. The summed E-state index contributed by atoms with van der Waals surface area (Å²) in [7, 11) is 0. The molecular weight excluding hydrogens is 479 g/mol. The van der Waals surface area contributed by atoms with E-state index in [0.717, 1.165) is 0 Å². The number of nitrogens with one attached hydrogen (secondary N) is 1. The lowest BCUT2D eigenvalue weighted by molar-refractivity contribution is -0.117. The van der Waals surface area contributed by atoms with E-state index in [9.17, 15) is 14.4 Å². The van der Waals surface area contributed by atoms with Gasteiger partial charge in [-0.2, -0.15) is 5.26 Å². The molecule has 0 saturated heterocycles. The van der Waals surface area contributed by atoms with Crippen molar-refractivity contribution in [3.63, 3.8) is 0 Å². The van der Waals surface area contributed by atoms with Gasteiger partial charge in [0, 0.05) is 11.6 Å². The van der Waals surface area contributed by atoms with Gasteiger partial charge in [-0.15, -0.1) is 0 Å². The minimum atomic E-state index is -0.431. The first kappa shape index (κ1) is 21.1. The normalized spacial score (nSPS) is 11.2. The van der Waals surface area contributed by atoms with E-state index >= 15 is 0 Å². The highest BCUT2D eigenvalue weighted by atomic mass is 79.9. The topological polar surface area (TPSA) is 62.1 Å². The Bertz CT molecular complexity index is 897. The molecule has 2 rings (SSSR count). The largest absolute Gasteiger partial charge is 0.486 e. The standard InChI is InChI=1S/C20H17Br2FN2O2/c1-12(2)25-20(26)15(10-24)7-13-8-16(21)19(17(22)9-13)27-11-14-5-3-4-6-18(14)23/h3-9,12H,11H2,1-2H3,(H,25,26)/b15-7-. The maximum atomic E-state index is 13.7. The summed E-state index contributed by atoms with van der Waals surface area (Å²) in [5.74, 6) is -0.265. The molecule has 0 radical (unpaired) electrons. The minimum absolute atomic E-state index is 0.00234. The molecule has 0 atom stereocenters. The third-order valence-electron chi connectivity index (χ3n) is 3.45. The molecule has 1 N–H and O–H groups in total. The monoisotopic (exact) mass is 494 g/mol. The second-order valence-corrected chi connectivity index (χ2v) is 7.70. The molecule has 0 bridgehead atoms. The van der Waals surface area contributed by atoms with Crippen LogP contribution < -0.4 is 10.1 Å². The lowest BCUT2D eigenvalue weighted by Crippen LogP contribution is -2.30. The van der Waals surface area contributed by atoms with Crippen LogP contribution in [0.2, 0.25) is 0 Å². The molecule has 0 aromatic heterocycles. The van der Waals surface area contributed by atoms with E-state index in [1.807, 2.05) is 19.9 Å². The predicted molar refractivity (Wildman–Crippen MR) is 109 cm³/mol. The number of halogens is 3. The minimum Gasteiger partial charge on any atom is -0.486 e. The van der Waals surface area contributed by atoms with Crippen LogP contribution in [0.5, 0.6) is 5.75 Å². The van der Waals surface area contributed by atoms with E-state index in [4.69, 9.17) is 4.74 Å². The number of carbonyl (C=O) groups excluding carboxylic acids is 1. The molecule has 0 unspecified atom stereocenters. The highest BCUT2D eigenvalue weighted by Gasteiger charge is 2.13. The number of carbonyl (C=O) groups is 1. The van der Waals surface area contributed by atoms with Crippen molar-refractivity contribution < 1.29 is 13.9 Å². The van der Waals surface area contributed by atoms with E-state index < -0.39 is 5.91 Å². The zero-order valence-electron chi connectivity index (χ0n) is 14.7. The van der Waals surface area contributed by atoms with Crippen molar-refractivity contribution in [3.05, 3.63) is 67.9 Å². The number of rotatable bonds is 6. The number of nitrogens with zero attached hydrogens (tertiary/aromatic N) is 1. The van der Waals surface area contributed by atoms with Gasteiger partial charge in [-0.25, -0.2) is 4.39 Å². The van der Waals surface area contributed by atoms with Crippen LogP contribution in [0.15, 0.2) is 50.9 Å². The lowest BCUT2D eigenvalue weighted by Gasteiger charge is -2.12. The number of ether oxygens (including phenoxy) is 1. The SMILES string of the molecule is CC(C)NC(=O)/C(C#N)=C\c1cc(Br)c(OCc2ccccc2F)c(Br)c1. The van der Waals surface area contributed by atoms with Gasteiger partial charge in [-0.3, -0.25) is 4.79 Å². The van der Waals surface area contributed by atoms with Crippen LogP contribution in [0.1, 0.15) is 25.0 Å². The lowest BCUT2D eigenvalue weighted by atomic mass is 10.1. The van der Waals surface area contributed by atoms with E-state index in [-0.39, 0.29) is 24.0 Å². The first-order chi connectivity index (χ1) is 12.8. The van der Waals surface area contributed by atoms with Gasteiger partial charge in [0.15, 0.2) is 0 Å². The van der Waals surface area contributed by atoms with Crippen molar-refractivity contribution in [1.82, 2.24) is 5.32 Å². The Morgan fingerprint density at radius 1 is 1.30 bits per heavy atom. The summed E-state index contributed by atoms with van der Waals surface area (Å²) in [6.07, 6.45) is 1.49. The van der Waals surface area contributed by atoms with Crippen molar-refractivity contribution in [2.45, 2.75) is 26.5 Å². The van der Waals surface area contributed by atoms with Gasteiger partial charge in [0.05, 0.1) is 8.95 Å². The number of nitriles is 1. The summed E-state index contributed by atoms with van der Waals surface area (Å²) in [6.45, 7) is 3.71. The summed E-state index contributed by atoms with van der Waals surface area (Å²) in [4.78, 5) is 12.0. The Morgan fingerprint density at radius 3 is 2.48 bits per heavy atom. The fraction of sp³-hybridized carbons (Fsp3) is 0.200. The molecule has 0 saturated carbocycles. The molecule has 4 nitrogen and oxygen atoms in total. The second-order valence-electron chi connectivity index (χ2n) is 5.99. The molecule has 7 heteroatoms. The summed E-state index contributed by atoms with van der Waals surface area (Å²) in [5, 5.41) is 11.9. The van der Waals surface area contributed by atoms with Crippen LogP contribution in [-0.2, 0) is 11.4 Å². The summed E-state index contributed by atoms with van der Waals surface area (Å²) >= 11 is 6.84. The van der Waals surface area contributed by atoms with Crippen LogP contribution in [0.3, 0.4) is 0 Å². The van der Waals surface area contributed by atoms with Gasteiger partial charge < -0.3 is 10.1 Å². The molecule has 2 aromatic carbocycles. The molecule has 1 amide bonds. The van der Waals surface area contributed by atoms with Crippen LogP contribution in [0.25, 0.3) is 6.08 Å². The zero-order valence-corrected chi connectivity index (χ0v) is 17.9. The maximum absolute atomic E-state index is 13.7. The molecule has 2 aromatic rings. The number of benzene rings is 2. The molecule has 0 aliphatic heterocycles. The smallest absolute Gasteiger partial charge is 0.262 e. The van der Waals surface area contributed by atoms with E-state index in [1.165, 1.54) is 12.1 Å². The third kappa shape index (κ3) is 5.91. The highest BCUT2D eigenvalue weighted by molar-refractivity contribution is 9.11. The summed E-state index contributed by atoms with van der Waals surface area (Å²) in [6, 6.07) is 11.7. The molecule has 140 valence electrons. The van der Waals surface area contributed by atoms with Gasteiger partial charge in [0.2, 0.25) is 0 Å². The highest BCUT2D eigenvalue weighted by Crippen LogP contribution is 2.36. The Morgan fingerprint density at radius 2 is 1.93 bits per heavy atom. The van der Waals surface area contributed by atoms with Crippen molar-refractivity contribution >= 4 is 43.8 Å². The number of hydrogen-bond donors (Lipinski definition) is 1. The zero-order chi connectivity index (χ0) is 20.0. The van der Waals surface area contributed by atoms with Gasteiger partial charge >= 0.3 is 0 Å². The van der Waals surface area contributed by atoms with Gasteiger partial charge in [0.1, 0.15) is 29.8 Å². The molecular formula is C20H17Br2FN2O2. The van der Waals surface area contributed by atoms with Crippen molar-refractivity contribution in [3.8, 4) is 11.8 Å². The number of amides is 1. The molecule has 0 aliphatic carbocycles. The molecule has 27 heavy (non-hydrogen) atoms. The average Bonchev–Trinajstić information content (AvgIpc) is 2.59. The Kier molecular flexibility index (Phi) is 7.57. The van der Waals surface area contributed by atoms with Gasteiger partial charge in [-0.05, 0) is 75.5 Å². The van der Waals surface area contributed by atoms with E-state index in [1.54, 1.807) is 30.3 Å². The Labute approximate surface area is 174 Å². The van der Waals surface area contributed by atoms with Crippen LogP contribution in [-0.4, -0.2) is 11.9 Å². The Balaban J connectivity index is 2.23. The predicted octanol–water partition coefficient (Wildman–Crippen LogP) is 5.36. The fourth-order valence-corrected chi connectivity index (χ4v) is 3.67. The average molecular weight is 496 g/mol. The molecule has 0 aliphatic rings. The summed E-state index contributed by atoms with van der Waals surface area (Å²) < 4.78 is 20.7. The Hall–Kier alpha value is -2.17. The third-order valence-corrected chi connectivity index (χ3v) is 4.62. The van der Waals surface area contributed by atoms with Gasteiger partial charge in [-0.1, -0.05) is 18.2 Å². The van der Waals surface area contributed by atoms with Crippen molar-refractivity contribution in [2.75, 3.05) is 0 Å². The van der Waals surface area contributed by atoms with Gasteiger partial charge in [0.25, 0.3) is 5.91 Å². The quantitative estimate of drug-likeness (QED) is 0.433. The van der Waals surface area contributed by atoms with E-state index in [2.05, 4.69) is 37.2 Å².